The number of carboxylic acids is 1. The van der Waals surface area contributed by atoms with Gasteiger partial charge in [-0.1, -0.05) is 31.5 Å². The van der Waals surface area contributed by atoms with Crippen LogP contribution in [0.15, 0.2) is 42.7 Å². The van der Waals surface area contributed by atoms with E-state index in [1.807, 2.05) is 13.8 Å². The Morgan fingerprint density at radius 3 is 2.77 bits per heavy atom. The summed E-state index contributed by atoms with van der Waals surface area (Å²) in [4.78, 5) is 30.6. The number of rotatable bonds is 4. The van der Waals surface area contributed by atoms with Crippen LogP contribution in [0, 0.1) is 5.92 Å². The lowest BCUT2D eigenvalue weighted by molar-refractivity contribution is -0.154. The number of benzene rings is 1. The predicted molar refractivity (Wildman–Crippen MR) is 95.9 cm³/mol. The monoisotopic (exact) mass is 374 g/mol. The van der Waals surface area contributed by atoms with Crippen LogP contribution < -0.4 is 4.74 Å². The lowest BCUT2D eigenvalue weighted by atomic mass is 10.0. The second-order valence-electron chi connectivity index (χ2n) is 6.53. The SMILES string of the molecule is CC(C)C1Oc2ccc(Cl)cc2C(C(=O)O)N(Cc2cccnc2)C1=O. The molecule has 1 aliphatic heterocycles. The molecule has 0 aliphatic carbocycles. The van der Waals surface area contributed by atoms with Gasteiger partial charge < -0.3 is 14.7 Å². The van der Waals surface area contributed by atoms with E-state index >= 15 is 0 Å². The molecule has 0 saturated carbocycles. The highest BCUT2D eigenvalue weighted by Crippen LogP contribution is 2.38. The fourth-order valence-corrected chi connectivity index (χ4v) is 3.21. The van der Waals surface area contributed by atoms with Crippen molar-refractivity contribution in [3.8, 4) is 5.75 Å². The summed E-state index contributed by atoms with van der Waals surface area (Å²) < 4.78 is 5.91. The molecule has 0 bridgehead atoms. The third-order valence-electron chi connectivity index (χ3n) is 4.27. The van der Waals surface area contributed by atoms with Gasteiger partial charge in [-0.05, 0) is 35.7 Å². The summed E-state index contributed by atoms with van der Waals surface area (Å²) in [5.41, 5.74) is 1.10. The number of fused-ring (bicyclic) bond motifs is 1. The first-order valence-electron chi connectivity index (χ1n) is 8.26. The van der Waals surface area contributed by atoms with Crippen LogP contribution in [0.1, 0.15) is 31.0 Å². The van der Waals surface area contributed by atoms with Gasteiger partial charge in [-0.25, -0.2) is 4.79 Å². The number of ether oxygens (including phenoxy) is 1. The minimum absolute atomic E-state index is 0.113. The molecule has 0 fully saturated rings. The Hall–Kier alpha value is -2.60. The molecule has 0 radical (unpaired) electrons. The van der Waals surface area contributed by atoms with Gasteiger partial charge >= 0.3 is 5.97 Å². The standard InChI is InChI=1S/C19H19ClN2O4/c1-11(2)17-18(23)22(10-12-4-3-7-21-9-12)16(19(24)25)14-8-13(20)5-6-15(14)26-17/h3-9,11,16-17H,10H2,1-2H3,(H,24,25). The van der Waals surface area contributed by atoms with E-state index in [1.54, 1.807) is 42.7 Å². The molecule has 1 aromatic heterocycles. The Morgan fingerprint density at radius 1 is 1.38 bits per heavy atom. The molecule has 1 aromatic carbocycles. The topological polar surface area (TPSA) is 79.7 Å². The van der Waals surface area contributed by atoms with Crippen LogP contribution in [0.4, 0.5) is 0 Å². The van der Waals surface area contributed by atoms with Crippen molar-refractivity contribution >= 4 is 23.5 Å². The highest BCUT2D eigenvalue weighted by atomic mass is 35.5. The maximum atomic E-state index is 13.1. The minimum atomic E-state index is -1.19. The third kappa shape index (κ3) is 3.51. The number of carbonyl (C=O) groups is 2. The first-order chi connectivity index (χ1) is 12.4. The molecule has 2 atom stereocenters. The van der Waals surface area contributed by atoms with Crippen molar-refractivity contribution < 1.29 is 19.4 Å². The predicted octanol–water partition coefficient (Wildman–Crippen LogP) is 3.31. The first kappa shape index (κ1) is 18.2. The van der Waals surface area contributed by atoms with Crippen molar-refractivity contribution in [2.45, 2.75) is 32.5 Å². The van der Waals surface area contributed by atoms with E-state index in [4.69, 9.17) is 16.3 Å². The average molecular weight is 375 g/mol. The summed E-state index contributed by atoms with van der Waals surface area (Å²) >= 11 is 6.08. The second-order valence-corrected chi connectivity index (χ2v) is 6.97. The van der Waals surface area contributed by atoms with Crippen molar-refractivity contribution in [1.29, 1.82) is 0 Å². The van der Waals surface area contributed by atoms with Gasteiger partial charge in [-0.2, -0.15) is 0 Å². The molecule has 6 nitrogen and oxygen atoms in total. The van der Waals surface area contributed by atoms with E-state index in [9.17, 15) is 14.7 Å². The first-order valence-corrected chi connectivity index (χ1v) is 8.64. The molecule has 1 N–H and O–H groups in total. The van der Waals surface area contributed by atoms with Crippen LogP contribution in [0.2, 0.25) is 5.02 Å². The number of aromatic nitrogens is 1. The van der Waals surface area contributed by atoms with Gasteiger partial charge in [-0.15, -0.1) is 0 Å². The Balaban J connectivity index is 2.13. The molecule has 0 spiro atoms. The molecule has 3 rings (SSSR count). The smallest absolute Gasteiger partial charge is 0.331 e. The van der Waals surface area contributed by atoms with Crippen LogP contribution in [0.25, 0.3) is 0 Å². The van der Waals surface area contributed by atoms with E-state index < -0.39 is 18.1 Å². The molecular formula is C19H19ClN2O4. The molecule has 7 heteroatoms. The van der Waals surface area contributed by atoms with Crippen molar-refractivity contribution in [3.05, 3.63) is 58.9 Å². The quantitative estimate of drug-likeness (QED) is 0.888. The summed E-state index contributed by atoms with van der Waals surface area (Å²) in [5, 5.41) is 10.3. The Morgan fingerprint density at radius 2 is 2.15 bits per heavy atom. The van der Waals surface area contributed by atoms with Crippen LogP contribution in [0.3, 0.4) is 0 Å². The Bertz CT molecular complexity index is 826. The average Bonchev–Trinajstić information content (AvgIpc) is 2.71. The molecule has 26 heavy (non-hydrogen) atoms. The summed E-state index contributed by atoms with van der Waals surface area (Å²) in [6.07, 6.45) is 2.45. The van der Waals surface area contributed by atoms with Crippen molar-refractivity contribution in [2.75, 3.05) is 0 Å². The molecule has 0 saturated heterocycles. The number of halogens is 1. The van der Waals surface area contributed by atoms with Gasteiger partial charge in [0.15, 0.2) is 12.1 Å². The normalized spacial score (nSPS) is 19.7. The van der Waals surface area contributed by atoms with Gasteiger partial charge in [0.25, 0.3) is 5.91 Å². The van der Waals surface area contributed by atoms with Crippen molar-refractivity contribution in [3.63, 3.8) is 0 Å². The van der Waals surface area contributed by atoms with E-state index in [-0.39, 0.29) is 18.4 Å². The van der Waals surface area contributed by atoms with Crippen molar-refractivity contribution in [1.82, 2.24) is 9.88 Å². The largest absolute Gasteiger partial charge is 0.480 e. The summed E-state index contributed by atoms with van der Waals surface area (Å²) in [7, 11) is 0. The van der Waals surface area contributed by atoms with Crippen LogP contribution in [0.5, 0.6) is 5.75 Å². The summed E-state index contributed by atoms with van der Waals surface area (Å²) in [5.74, 6) is -1.28. The summed E-state index contributed by atoms with van der Waals surface area (Å²) in [6.45, 7) is 3.84. The number of pyridine rings is 1. The Labute approximate surface area is 156 Å². The molecule has 1 amide bonds. The highest BCUT2D eigenvalue weighted by Gasteiger charge is 2.42. The van der Waals surface area contributed by atoms with E-state index in [2.05, 4.69) is 4.98 Å². The van der Waals surface area contributed by atoms with Gasteiger partial charge in [-0.3, -0.25) is 9.78 Å². The molecule has 136 valence electrons. The van der Waals surface area contributed by atoms with E-state index in [0.29, 0.717) is 16.3 Å². The van der Waals surface area contributed by atoms with E-state index in [0.717, 1.165) is 5.56 Å². The maximum absolute atomic E-state index is 13.1. The molecule has 2 unspecified atom stereocenters. The number of amides is 1. The van der Waals surface area contributed by atoms with Crippen LogP contribution >= 0.6 is 11.6 Å². The minimum Gasteiger partial charge on any atom is -0.480 e. The number of carboxylic acid groups (broad SMARTS) is 1. The van der Waals surface area contributed by atoms with Crippen molar-refractivity contribution in [2.24, 2.45) is 5.92 Å². The molecular weight excluding hydrogens is 356 g/mol. The maximum Gasteiger partial charge on any atom is 0.331 e. The van der Waals surface area contributed by atoms with Gasteiger partial charge in [0, 0.05) is 29.5 Å². The van der Waals surface area contributed by atoms with E-state index in [1.165, 1.54) is 4.90 Å². The number of hydrogen-bond acceptors (Lipinski definition) is 4. The third-order valence-corrected chi connectivity index (χ3v) is 4.51. The van der Waals surface area contributed by atoms with Gasteiger partial charge in [0.05, 0.1) is 0 Å². The molecule has 1 aliphatic rings. The second kappa shape index (κ2) is 7.33. The van der Waals surface area contributed by atoms with Gasteiger partial charge in [0.2, 0.25) is 0 Å². The Kier molecular flexibility index (Phi) is 5.13. The highest BCUT2D eigenvalue weighted by molar-refractivity contribution is 6.30. The fourth-order valence-electron chi connectivity index (χ4n) is 3.03. The lowest BCUT2D eigenvalue weighted by Gasteiger charge is -2.29. The zero-order chi connectivity index (χ0) is 18.8. The zero-order valence-electron chi connectivity index (χ0n) is 14.4. The fraction of sp³-hybridized carbons (Fsp3) is 0.316. The number of hydrogen-bond donors (Lipinski definition) is 1. The molecule has 2 aromatic rings. The van der Waals surface area contributed by atoms with Gasteiger partial charge in [0.1, 0.15) is 5.75 Å². The van der Waals surface area contributed by atoms with Crippen LogP contribution in [-0.2, 0) is 16.1 Å². The summed E-state index contributed by atoms with van der Waals surface area (Å²) in [6, 6.07) is 7.13. The number of aliphatic carboxylic acids is 1. The van der Waals surface area contributed by atoms with Crippen LogP contribution in [-0.4, -0.2) is 33.0 Å². The lowest BCUT2D eigenvalue weighted by Crippen LogP contribution is -2.45. The zero-order valence-corrected chi connectivity index (χ0v) is 15.2. The number of nitrogens with zero attached hydrogens (tertiary/aromatic N) is 2. The molecule has 2 heterocycles. The number of carbonyl (C=O) groups excluding carboxylic acids is 1.